The lowest BCUT2D eigenvalue weighted by atomic mass is 9.94. The lowest BCUT2D eigenvalue weighted by Gasteiger charge is -2.34. The minimum absolute atomic E-state index is 0.301. The van der Waals surface area contributed by atoms with Crippen molar-refractivity contribution in [3.05, 3.63) is 77.4 Å². The second-order valence-corrected chi connectivity index (χ2v) is 12.1. The number of fused-ring (bicyclic) bond motifs is 1. The molecule has 2 N–H and O–H groups in total. The molecule has 7 heteroatoms. The van der Waals surface area contributed by atoms with Gasteiger partial charge in [0.2, 0.25) is 5.91 Å². The zero-order chi connectivity index (χ0) is 30.9. The number of alkyl carbamates (subject to hydrolysis) is 1. The number of carbonyl (C=O) groups excluding carboxylic acids is 3. The van der Waals surface area contributed by atoms with E-state index in [0.29, 0.717) is 12.2 Å². The Morgan fingerprint density at radius 2 is 1.57 bits per heavy atom. The average Bonchev–Trinajstić information content (AvgIpc) is 2.92. The van der Waals surface area contributed by atoms with Crippen LogP contribution in [0.5, 0.6) is 0 Å². The zero-order valence-corrected chi connectivity index (χ0v) is 26.3. The van der Waals surface area contributed by atoms with E-state index in [1.807, 2.05) is 74.5 Å². The summed E-state index contributed by atoms with van der Waals surface area (Å²) in [6.45, 7) is 13.5. The normalized spacial score (nSPS) is 12.8. The van der Waals surface area contributed by atoms with E-state index in [2.05, 4.69) is 17.6 Å². The smallest absolute Gasteiger partial charge is 0.408 e. The van der Waals surface area contributed by atoms with Gasteiger partial charge in [0.25, 0.3) is 5.91 Å². The Hall–Kier alpha value is -3.87. The quantitative estimate of drug-likeness (QED) is 0.216. The Bertz CT molecular complexity index is 1380. The van der Waals surface area contributed by atoms with Gasteiger partial charge in [-0.2, -0.15) is 0 Å². The van der Waals surface area contributed by atoms with Crippen molar-refractivity contribution in [1.82, 2.24) is 10.2 Å². The van der Waals surface area contributed by atoms with Crippen LogP contribution in [0.1, 0.15) is 89.5 Å². The van der Waals surface area contributed by atoms with E-state index in [4.69, 9.17) is 4.74 Å². The number of carbonyl (C=O) groups is 3. The highest BCUT2D eigenvalue weighted by atomic mass is 16.6. The highest BCUT2D eigenvalue weighted by molar-refractivity contribution is 6.00. The summed E-state index contributed by atoms with van der Waals surface area (Å²) in [6.07, 6.45) is 4.30. The molecule has 0 aliphatic rings. The Labute approximate surface area is 251 Å². The monoisotopic (exact) mass is 573 g/mol. The molecule has 7 nitrogen and oxygen atoms in total. The first kappa shape index (κ1) is 32.6. The summed E-state index contributed by atoms with van der Waals surface area (Å²) >= 11 is 0. The maximum Gasteiger partial charge on any atom is 0.408 e. The van der Waals surface area contributed by atoms with Gasteiger partial charge in [0.05, 0.1) is 0 Å². The Morgan fingerprint density at radius 1 is 0.881 bits per heavy atom. The van der Waals surface area contributed by atoms with Gasteiger partial charge in [-0.25, -0.2) is 4.79 Å². The fourth-order valence-corrected chi connectivity index (χ4v) is 5.05. The lowest BCUT2D eigenvalue weighted by Crippen LogP contribution is -2.51. The highest BCUT2D eigenvalue weighted by Gasteiger charge is 2.35. The number of rotatable bonds is 12. The zero-order valence-electron chi connectivity index (χ0n) is 26.3. The topological polar surface area (TPSA) is 87.7 Å². The maximum atomic E-state index is 14.2. The number of ether oxygens (including phenoxy) is 1. The first-order chi connectivity index (χ1) is 19.9. The van der Waals surface area contributed by atoms with E-state index in [-0.39, 0.29) is 11.8 Å². The van der Waals surface area contributed by atoms with Crippen molar-refractivity contribution >= 4 is 34.4 Å². The van der Waals surface area contributed by atoms with E-state index in [0.717, 1.165) is 59.6 Å². The number of nitrogens with one attached hydrogen (secondary N) is 2. The molecule has 0 heterocycles. The molecule has 0 aromatic heterocycles. The highest BCUT2D eigenvalue weighted by Crippen LogP contribution is 2.30. The predicted molar refractivity (Wildman–Crippen MR) is 171 cm³/mol. The van der Waals surface area contributed by atoms with Crippen LogP contribution in [-0.2, 0) is 14.3 Å². The van der Waals surface area contributed by atoms with Crippen molar-refractivity contribution in [2.24, 2.45) is 0 Å². The number of unbranched alkanes of at least 4 members (excludes halogenated alkanes) is 4. The number of nitrogens with zero attached hydrogens (tertiary/aromatic N) is 1. The minimum atomic E-state index is -0.892. The molecule has 0 aliphatic heterocycles. The van der Waals surface area contributed by atoms with Gasteiger partial charge in [-0.3, -0.25) is 9.59 Å². The third-order valence-electron chi connectivity index (χ3n) is 7.41. The molecule has 0 saturated heterocycles. The van der Waals surface area contributed by atoms with E-state index in [9.17, 15) is 14.4 Å². The van der Waals surface area contributed by atoms with Crippen LogP contribution in [0.3, 0.4) is 0 Å². The summed E-state index contributed by atoms with van der Waals surface area (Å²) in [4.78, 5) is 42.5. The molecule has 0 radical (unpaired) electrons. The molecular weight excluding hydrogens is 526 g/mol. The Balaban J connectivity index is 1.99. The number of aryl methyl sites for hydroxylation is 1. The summed E-state index contributed by atoms with van der Waals surface area (Å²) < 4.78 is 5.41. The van der Waals surface area contributed by atoms with Gasteiger partial charge in [0, 0.05) is 12.2 Å². The van der Waals surface area contributed by atoms with Crippen molar-refractivity contribution in [2.45, 2.75) is 98.3 Å². The number of hydrogen-bond acceptors (Lipinski definition) is 4. The SMILES string of the molecule is CCCCCCCN(C(=O)C(C)NC(=O)OC(C)(C)C)C(C(=O)Nc1ccc2ccccc2c1)c1cccc(C)c1C. The largest absolute Gasteiger partial charge is 0.444 e. The molecule has 0 saturated carbocycles. The van der Waals surface area contributed by atoms with Crippen molar-refractivity contribution in [1.29, 1.82) is 0 Å². The van der Waals surface area contributed by atoms with Crippen LogP contribution in [0.2, 0.25) is 0 Å². The molecule has 226 valence electrons. The lowest BCUT2D eigenvalue weighted by molar-refractivity contribution is -0.140. The second-order valence-electron chi connectivity index (χ2n) is 12.1. The van der Waals surface area contributed by atoms with Crippen LogP contribution in [0.15, 0.2) is 60.7 Å². The second kappa shape index (κ2) is 14.9. The molecule has 42 heavy (non-hydrogen) atoms. The third kappa shape index (κ3) is 9.07. The van der Waals surface area contributed by atoms with Crippen molar-refractivity contribution < 1.29 is 19.1 Å². The van der Waals surface area contributed by atoms with Gasteiger partial charge in [-0.15, -0.1) is 0 Å². The van der Waals surface area contributed by atoms with Gasteiger partial charge >= 0.3 is 6.09 Å². The molecule has 2 unspecified atom stereocenters. The number of benzene rings is 3. The summed E-state index contributed by atoms with van der Waals surface area (Å²) in [5.41, 5.74) is 2.70. The minimum Gasteiger partial charge on any atom is -0.444 e. The van der Waals surface area contributed by atoms with Crippen LogP contribution in [0.4, 0.5) is 10.5 Å². The Kier molecular flexibility index (Phi) is 11.5. The molecule has 3 aromatic carbocycles. The molecule has 0 aliphatic carbocycles. The number of hydrogen-bond donors (Lipinski definition) is 2. The molecule has 0 fully saturated rings. The third-order valence-corrected chi connectivity index (χ3v) is 7.41. The molecule has 3 amide bonds. The summed E-state index contributed by atoms with van der Waals surface area (Å²) in [7, 11) is 0. The summed E-state index contributed by atoms with van der Waals surface area (Å²) in [5, 5.41) is 7.86. The molecular formula is C35H47N3O4. The van der Waals surface area contributed by atoms with Gasteiger partial charge in [-0.05, 0) is 87.6 Å². The van der Waals surface area contributed by atoms with Crippen molar-refractivity contribution in [3.8, 4) is 0 Å². The number of anilines is 1. The van der Waals surface area contributed by atoms with E-state index >= 15 is 0 Å². The van der Waals surface area contributed by atoms with Gasteiger partial charge in [0.1, 0.15) is 17.7 Å². The molecule has 0 spiro atoms. The molecule has 0 bridgehead atoms. The predicted octanol–water partition coefficient (Wildman–Crippen LogP) is 7.85. The first-order valence-electron chi connectivity index (χ1n) is 15.1. The van der Waals surface area contributed by atoms with Crippen LogP contribution >= 0.6 is 0 Å². The summed E-state index contributed by atoms with van der Waals surface area (Å²) in [5.74, 6) is -0.638. The van der Waals surface area contributed by atoms with Crippen molar-refractivity contribution in [2.75, 3.05) is 11.9 Å². The van der Waals surface area contributed by atoms with Crippen LogP contribution in [0, 0.1) is 13.8 Å². The first-order valence-corrected chi connectivity index (χ1v) is 15.1. The maximum absolute atomic E-state index is 14.2. The van der Waals surface area contributed by atoms with Crippen LogP contribution in [-0.4, -0.2) is 41.0 Å². The van der Waals surface area contributed by atoms with Crippen LogP contribution in [0.25, 0.3) is 10.8 Å². The summed E-state index contributed by atoms with van der Waals surface area (Å²) in [6, 6.07) is 17.8. The van der Waals surface area contributed by atoms with E-state index in [1.54, 1.807) is 32.6 Å². The Morgan fingerprint density at radius 3 is 2.26 bits per heavy atom. The van der Waals surface area contributed by atoms with Crippen LogP contribution < -0.4 is 10.6 Å². The van der Waals surface area contributed by atoms with Gasteiger partial charge < -0.3 is 20.3 Å². The average molecular weight is 574 g/mol. The van der Waals surface area contributed by atoms with Crippen molar-refractivity contribution in [3.63, 3.8) is 0 Å². The van der Waals surface area contributed by atoms with E-state index in [1.165, 1.54) is 0 Å². The molecule has 3 rings (SSSR count). The fraction of sp³-hybridized carbons (Fsp3) is 0.457. The number of amides is 3. The molecule has 2 atom stereocenters. The van der Waals surface area contributed by atoms with Gasteiger partial charge in [-0.1, -0.05) is 81.1 Å². The van der Waals surface area contributed by atoms with E-state index < -0.39 is 23.8 Å². The standard InChI is InChI=1S/C35H47N3O4/c1-8-9-10-11-14-22-38(33(40)26(4)36-34(41)42-35(5,6)7)31(30-19-15-16-24(2)25(30)3)32(39)37-29-21-20-27-17-12-13-18-28(27)23-29/h12-13,15-21,23,26,31H,8-11,14,22H2,1-7H3,(H,36,41)(H,37,39). The fourth-order valence-electron chi connectivity index (χ4n) is 5.05. The van der Waals surface area contributed by atoms with Gasteiger partial charge in [0.15, 0.2) is 0 Å². The molecule has 3 aromatic rings.